The number of hydrogen-bond acceptors (Lipinski definition) is 5. The average molecular weight is 332 g/mol. The maximum atomic E-state index is 11.4. The molecule has 0 saturated carbocycles. The topological polar surface area (TPSA) is 93.2 Å². The molecule has 0 aliphatic heterocycles. The molecule has 0 heterocycles. The van der Waals surface area contributed by atoms with E-state index in [1.54, 1.807) is 28.7 Å². The second-order valence-electron chi connectivity index (χ2n) is 2.68. The Hall–Kier alpha value is -1.69. The Bertz CT molecular complexity index is 507. The Morgan fingerprint density at radius 3 is 2.69 bits per heavy atom. The van der Waals surface area contributed by atoms with Gasteiger partial charge in [0.25, 0.3) is 5.69 Å². The number of nitriles is 1. The number of methoxy groups -OCH3 is 1. The summed E-state index contributed by atoms with van der Waals surface area (Å²) in [5, 5.41) is 19.6. The van der Waals surface area contributed by atoms with Crippen molar-refractivity contribution in [3.8, 4) is 6.07 Å². The molecule has 0 unspecified atom stereocenters. The summed E-state index contributed by atoms with van der Waals surface area (Å²) in [7, 11) is 1.10. The largest absolute Gasteiger partial charge is 0.465 e. The third kappa shape index (κ3) is 2.11. The lowest BCUT2D eigenvalue weighted by Crippen LogP contribution is -2.09. The van der Waals surface area contributed by atoms with Gasteiger partial charge in [0, 0.05) is 0 Å². The highest BCUT2D eigenvalue weighted by molar-refractivity contribution is 14.1. The van der Waals surface area contributed by atoms with Crippen molar-refractivity contribution in [2.75, 3.05) is 7.11 Å². The predicted molar refractivity (Wildman–Crippen MR) is 61.9 cm³/mol. The molecule has 0 atom stereocenters. The first-order chi connectivity index (χ1) is 7.52. The molecule has 0 radical (unpaired) electrons. The smallest absolute Gasteiger partial charge is 0.346 e. The summed E-state index contributed by atoms with van der Waals surface area (Å²) in [5.41, 5.74) is -0.771. The summed E-state index contributed by atoms with van der Waals surface area (Å²) in [4.78, 5) is 21.5. The zero-order valence-corrected chi connectivity index (χ0v) is 10.2. The summed E-state index contributed by atoms with van der Waals surface area (Å²) >= 11 is 1.73. The molecule has 0 N–H and O–H groups in total. The third-order valence-corrected chi connectivity index (χ3v) is 2.69. The van der Waals surface area contributed by atoms with E-state index in [9.17, 15) is 14.9 Å². The van der Waals surface area contributed by atoms with Gasteiger partial charge in [-0.3, -0.25) is 10.1 Å². The lowest BCUT2D eigenvalue weighted by atomic mass is 10.1. The fourth-order valence-corrected chi connectivity index (χ4v) is 1.79. The van der Waals surface area contributed by atoms with E-state index < -0.39 is 16.6 Å². The van der Waals surface area contributed by atoms with Gasteiger partial charge in [-0.25, -0.2) is 4.79 Å². The Balaban J connectivity index is 3.63. The molecule has 0 aromatic heterocycles. The molecule has 0 fully saturated rings. The maximum Gasteiger partial charge on any atom is 0.346 e. The van der Waals surface area contributed by atoms with Crippen molar-refractivity contribution in [1.29, 1.82) is 5.26 Å². The highest BCUT2D eigenvalue weighted by Crippen LogP contribution is 2.28. The number of hydrogen-bond donors (Lipinski definition) is 0. The summed E-state index contributed by atoms with van der Waals surface area (Å²) in [6.45, 7) is 0. The molecular formula is C9H5IN2O4. The van der Waals surface area contributed by atoms with Crippen molar-refractivity contribution < 1.29 is 14.5 Å². The molecule has 0 saturated heterocycles. The zero-order chi connectivity index (χ0) is 12.3. The van der Waals surface area contributed by atoms with Crippen molar-refractivity contribution in [2.24, 2.45) is 0 Å². The van der Waals surface area contributed by atoms with E-state index in [0.717, 1.165) is 7.11 Å². The van der Waals surface area contributed by atoms with Gasteiger partial charge in [0.15, 0.2) is 5.56 Å². The van der Waals surface area contributed by atoms with E-state index in [-0.39, 0.29) is 14.7 Å². The Morgan fingerprint density at radius 2 is 2.25 bits per heavy atom. The lowest BCUT2D eigenvalue weighted by Gasteiger charge is -2.04. The quantitative estimate of drug-likeness (QED) is 0.357. The highest BCUT2D eigenvalue weighted by Gasteiger charge is 2.28. The number of nitrogens with zero attached hydrogens (tertiary/aromatic N) is 2. The first-order valence-corrected chi connectivity index (χ1v) is 5.06. The molecule has 82 valence electrons. The first-order valence-electron chi connectivity index (χ1n) is 3.98. The molecule has 16 heavy (non-hydrogen) atoms. The second-order valence-corrected chi connectivity index (χ2v) is 3.84. The van der Waals surface area contributed by atoms with E-state index in [2.05, 4.69) is 4.74 Å². The summed E-state index contributed by atoms with van der Waals surface area (Å²) in [5.74, 6) is -0.887. The van der Waals surface area contributed by atoms with Crippen LogP contribution in [0.1, 0.15) is 15.9 Å². The Labute approximate surface area is 104 Å². The van der Waals surface area contributed by atoms with Gasteiger partial charge in [-0.1, -0.05) is 0 Å². The molecule has 0 amide bonds. The van der Waals surface area contributed by atoms with Crippen LogP contribution in [0.4, 0.5) is 5.69 Å². The van der Waals surface area contributed by atoms with Crippen molar-refractivity contribution in [3.63, 3.8) is 0 Å². The van der Waals surface area contributed by atoms with Crippen molar-refractivity contribution >= 4 is 34.2 Å². The van der Waals surface area contributed by atoms with Gasteiger partial charge in [0.1, 0.15) is 6.07 Å². The Morgan fingerprint density at radius 1 is 1.62 bits per heavy atom. The normalized spacial score (nSPS) is 9.31. The number of carbonyl (C=O) groups excluding carboxylic acids is 1. The van der Waals surface area contributed by atoms with Gasteiger partial charge in [-0.2, -0.15) is 5.26 Å². The van der Waals surface area contributed by atoms with Crippen molar-refractivity contribution in [2.45, 2.75) is 0 Å². The van der Waals surface area contributed by atoms with Crippen LogP contribution in [0.15, 0.2) is 12.1 Å². The minimum Gasteiger partial charge on any atom is -0.465 e. The minimum absolute atomic E-state index is 0.0704. The molecular weight excluding hydrogens is 327 g/mol. The number of esters is 1. The first kappa shape index (κ1) is 12.4. The van der Waals surface area contributed by atoms with Gasteiger partial charge in [0.05, 0.1) is 21.2 Å². The number of ether oxygens (including phenoxy) is 1. The number of carbonyl (C=O) groups is 1. The van der Waals surface area contributed by atoms with E-state index in [4.69, 9.17) is 5.26 Å². The SMILES string of the molecule is COC(=O)c1c(C#N)ccc(I)c1[N+](=O)[O-]. The van der Waals surface area contributed by atoms with Gasteiger partial charge in [0.2, 0.25) is 0 Å². The second kappa shape index (κ2) is 4.89. The molecule has 1 rings (SSSR count). The monoisotopic (exact) mass is 332 g/mol. The van der Waals surface area contributed by atoms with Crippen LogP contribution in [0.25, 0.3) is 0 Å². The van der Waals surface area contributed by atoms with Crippen molar-refractivity contribution in [1.82, 2.24) is 0 Å². The summed E-state index contributed by atoms with van der Waals surface area (Å²) in [6.07, 6.45) is 0. The number of benzene rings is 1. The van der Waals surface area contributed by atoms with Crippen LogP contribution >= 0.6 is 22.6 Å². The fourth-order valence-electron chi connectivity index (χ4n) is 1.15. The number of rotatable bonds is 2. The van der Waals surface area contributed by atoms with Crippen LogP contribution in [0.5, 0.6) is 0 Å². The summed E-state index contributed by atoms with van der Waals surface area (Å²) in [6, 6.07) is 4.48. The molecule has 0 aliphatic rings. The van der Waals surface area contributed by atoms with Gasteiger partial charge < -0.3 is 4.74 Å². The van der Waals surface area contributed by atoms with Gasteiger partial charge >= 0.3 is 5.97 Å². The molecule has 1 aromatic rings. The molecule has 6 nitrogen and oxygen atoms in total. The van der Waals surface area contributed by atoms with Crippen LogP contribution in [0.3, 0.4) is 0 Å². The molecule has 7 heteroatoms. The average Bonchev–Trinajstić information content (AvgIpc) is 2.27. The van der Waals surface area contributed by atoms with Crippen molar-refractivity contribution in [3.05, 3.63) is 36.9 Å². The van der Waals surface area contributed by atoms with E-state index in [0.29, 0.717) is 0 Å². The molecule has 1 aromatic carbocycles. The van der Waals surface area contributed by atoms with E-state index in [1.807, 2.05) is 0 Å². The fraction of sp³-hybridized carbons (Fsp3) is 0.111. The zero-order valence-electron chi connectivity index (χ0n) is 8.06. The van der Waals surface area contributed by atoms with Crippen LogP contribution in [-0.2, 0) is 4.74 Å². The Kier molecular flexibility index (Phi) is 3.78. The standard InChI is InChI=1S/C9H5IN2O4/c1-16-9(13)7-5(4-11)2-3-6(10)8(7)12(14)15/h2-3H,1H3. The number of halogens is 1. The molecule has 0 spiro atoms. The van der Waals surface area contributed by atoms with Crippen LogP contribution in [-0.4, -0.2) is 18.0 Å². The highest BCUT2D eigenvalue weighted by atomic mass is 127. The van der Waals surface area contributed by atoms with E-state index in [1.165, 1.54) is 12.1 Å². The van der Waals surface area contributed by atoms with Crippen LogP contribution in [0, 0.1) is 25.0 Å². The third-order valence-electron chi connectivity index (χ3n) is 1.82. The van der Waals surface area contributed by atoms with Crippen LogP contribution in [0.2, 0.25) is 0 Å². The number of nitro benzene ring substituents is 1. The predicted octanol–water partition coefficient (Wildman–Crippen LogP) is 1.86. The maximum absolute atomic E-state index is 11.4. The molecule has 0 bridgehead atoms. The van der Waals surface area contributed by atoms with Gasteiger partial charge in [-0.15, -0.1) is 0 Å². The van der Waals surface area contributed by atoms with Gasteiger partial charge in [-0.05, 0) is 34.7 Å². The molecule has 0 aliphatic carbocycles. The van der Waals surface area contributed by atoms with Crippen LogP contribution < -0.4 is 0 Å². The lowest BCUT2D eigenvalue weighted by molar-refractivity contribution is -0.386. The van der Waals surface area contributed by atoms with E-state index >= 15 is 0 Å². The number of nitro groups is 1. The minimum atomic E-state index is -0.887. The summed E-state index contributed by atoms with van der Waals surface area (Å²) < 4.78 is 4.71.